The molecule has 166 valence electrons. The number of hydrogen-bond acceptors (Lipinski definition) is 3. The summed E-state index contributed by atoms with van der Waals surface area (Å²) >= 11 is 1.64. The molecule has 1 aromatic heterocycles. The van der Waals surface area contributed by atoms with Crippen molar-refractivity contribution in [2.75, 3.05) is 6.54 Å². The van der Waals surface area contributed by atoms with Crippen LogP contribution in [0.3, 0.4) is 0 Å². The summed E-state index contributed by atoms with van der Waals surface area (Å²) in [6.45, 7) is 4.42. The van der Waals surface area contributed by atoms with Crippen LogP contribution in [0.15, 0.2) is 66.0 Å². The largest absolute Gasteiger partial charge is 0.344 e. The number of thiophene rings is 1. The van der Waals surface area contributed by atoms with Gasteiger partial charge in [-0.25, -0.2) is 0 Å². The number of carbonyl (C=O) groups is 2. The van der Waals surface area contributed by atoms with Crippen LogP contribution in [0.4, 0.5) is 0 Å². The molecular formula is C27H30N2O2S. The molecule has 2 atom stereocenters. The molecule has 0 saturated carbocycles. The summed E-state index contributed by atoms with van der Waals surface area (Å²) < 4.78 is 0. The van der Waals surface area contributed by atoms with Crippen molar-refractivity contribution in [2.24, 2.45) is 0 Å². The van der Waals surface area contributed by atoms with E-state index in [1.54, 1.807) is 18.3 Å². The van der Waals surface area contributed by atoms with Crippen LogP contribution < -0.4 is 5.32 Å². The zero-order valence-corrected chi connectivity index (χ0v) is 19.5. The third-order valence-electron chi connectivity index (χ3n) is 6.18. The van der Waals surface area contributed by atoms with Crippen LogP contribution in [0, 0.1) is 0 Å². The number of aryl methyl sites for hydroxylation is 1. The molecule has 2 heterocycles. The molecule has 0 bridgehead atoms. The van der Waals surface area contributed by atoms with Gasteiger partial charge in [0.25, 0.3) is 0 Å². The lowest BCUT2D eigenvalue weighted by molar-refractivity contribution is -0.133. The van der Waals surface area contributed by atoms with Gasteiger partial charge in [0, 0.05) is 18.3 Å². The quantitative estimate of drug-likeness (QED) is 0.525. The summed E-state index contributed by atoms with van der Waals surface area (Å²) in [5.41, 5.74) is 4.70. The van der Waals surface area contributed by atoms with Crippen molar-refractivity contribution in [1.82, 2.24) is 10.2 Å². The van der Waals surface area contributed by atoms with Gasteiger partial charge in [-0.05, 0) is 46.5 Å². The lowest BCUT2D eigenvalue weighted by Crippen LogP contribution is -2.41. The maximum atomic E-state index is 13.3. The first-order chi connectivity index (χ1) is 15.6. The number of nitrogens with zero attached hydrogens (tertiary/aromatic N) is 1. The minimum Gasteiger partial charge on any atom is -0.344 e. The van der Waals surface area contributed by atoms with Gasteiger partial charge in [0.1, 0.15) is 0 Å². The fourth-order valence-electron chi connectivity index (χ4n) is 4.58. The summed E-state index contributed by atoms with van der Waals surface area (Å²) in [5.74, 6) is -0.0346. The number of hydrogen-bond donors (Lipinski definition) is 1. The standard InChI is InChI=1S/C27H30N2O2S/c1-3-7-20-11-13-22(14-12-20)27(25-10-6-17-32-25)28-26(31)18-24-23-9-5-4-8-21(23)15-16-29(24)19(2)30/h4-6,8-14,17,24,27H,3,7,15-16,18H2,1-2H3,(H,28,31). The summed E-state index contributed by atoms with van der Waals surface area (Å²) in [4.78, 5) is 28.5. The Balaban J connectivity index is 1.56. The lowest BCUT2D eigenvalue weighted by atomic mass is 9.90. The van der Waals surface area contributed by atoms with Crippen molar-refractivity contribution in [2.45, 2.75) is 51.6 Å². The Labute approximate surface area is 194 Å². The summed E-state index contributed by atoms with van der Waals surface area (Å²) in [6.07, 6.45) is 3.25. The van der Waals surface area contributed by atoms with Crippen molar-refractivity contribution in [3.63, 3.8) is 0 Å². The molecule has 1 aliphatic heterocycles. The Hall–Kier alpha value is -2.92. The van der Waals surface area contributed by atoms with Crippen LogP contribution in [0.2, 0.25) is 0 Å². The molecule has 2 aromatic carbocycles. The fourth-order valence-corrected chi connectivity index (χ4v) is 5.39. The number of fused-ring (bicyclic) bond motifs is 1. The Bertz CT molecular complexity index is 1060. The van der Waals surface area contributed by atoms with Crippen LogP contribution in [-0.2, 0) is 22.4 Å². The number of carbonyl (C=O) groups excluding carboxylic acids is 2. The lowest BCUT2D eigenvalue weighted by Gasteiger charge is -2.36. The fraction of sp³-hybridized carbons (Fsp3) is 0.333. The first kappa shape index (κ1) is 22.3. The predicted octanol–water partition coefficient (Wildman–Crippen LogP) is 5.44. The molecule has 1 N–H and O–H groups in total. The third-order valence-corrected chi connectivity index (χ3v) is 7.12. The van der Waals surface area contributed by atoms with E-state index in [1.165, 1.54) is 11.1 Å². The number of nitrogens with one attached hydrogen (secondary N) is 1. The Kier molecular flexibility index (Phi) is 7.05. The molecule has 0 fully saturated rings. The molecule has 4 nitrogen and oxygen atoms in total. The summed E-state index contributed by atoms with van der Waals surface area (Å²) in [6, 6.07) is 20.4. The van der Waals surface area contributed by atoms with E-state index in [9.17, 15) is 9.59 Å². The van der Waals surface area contributed by atoms with E-state index in [4.69, 9.17) is 0 Å². The van der Waals surface area contributed by atoms with Crippen LogP contribution in [0.5, 0.6) is 0 Å². The van der Waals surface area contributed by atoms with Gasteiger partial charge in [0.05, 0.1) is 18.5 Å². The average Bonchev–Trinajstić information content (AvgIpc) is 3.33. The van der Waals surface area contributed by atoms with Crippen LogP contribution in [-0.4, -0.2) is 23.3 Å². The minimum absolute atomic E-state index is 0.0126. The topological polar surface area (TPSA) is 49.4 Å². The molecule has 3 aromatic rings. The maximum Gasteiger partial charge on any atom is 0.223 e. The molecule has 32 heavy (non-hydrogen) atoms. The van der Waals surface area contributed by atoms with E-state index in [0.717, 1.165) is 35.3 Å². The SMILES string of the molecule is CCCc1ccc(C(NC(=O)CC2c3ccccc3CCN2C(C)=O)c2cccs2)cc1. The zero-order chi connectivity index (χ0) is 22.5. The second kappa shape index (κ2) is 10.1. The summed E-state index contributed by atoms with van der Waals surface area (Å²) in [7, 11) is 0. The van der Waals surface area contributed by atoms with Crippen LogP contribution in [0.25, 0.3) is 0 Å². The van der Waals surface area contributed by atoms with E-state index in [0.29, 0.717) is 6.54 Å². The van der Waals surface area contributed by atoms with Gasteiger partial charge in [0.15, 0.2) is 0 Å². The highest BCUT2D eigenvalue weighted by Crippen LogP contribution is 2.33. The minimum atomic E-state index is -0.228. The van der Waals surface area contributed by atoms with E-state index in [1.807, 2.05) is 34.5 Å². The third kappa shape index (κ3) is 4.94. The maximum absolute atomic E-state index is 13.3. The molecular weight excluding hydrogens is 416 g/mol. The first-order valence-corrected chi connectivity index (χ1v) is 12.2. The predicted molar refractivity (Wildman–Crippen MR) is 130 cm³/mol. The van der Waals surface area contributed by atoms with Crippen molar-refractivity contribution < 1.29 is 9.59 Å². The molecule has 0 spiro atoms. The molecule has 0 saturated heterocycles. The van der Waals surface area contributed by atoms with Gasteiger partial charge in [-0.2, -0.15) is 0 Å². The van der Waals surface area contributed by atoms with Crippen molar-refractivity contribution >= 4 is 23.2 Å². The van der Waals surface area contributed by atoms with Crippen LogP contribution in [0.1, 0.15) is 65.9 Å². The highest BCUT2D eigenvalue weighted by Gasteiger charge is 2.31. The molecule has 2 amide bonds. The monoisotopic (exact) mass is 446 g/mol. The van der Waals surface area contributed by atoms with E-state index in [2.05, 4.69) is 48.6 Å². The van der Waals surface area contributed by atoms with Crippen molar-refractivity contribution in [3.05, 3.63) is 93.2 Å². The highest BCUT2D eigenvalue weighted by molar-refractivity contribution is 7.10. The number of benzene rings is 2. The van der Waals surface area contributed by atoms with Crippen molar-refractivity contribution in [3.8, 4) is 0 Å². The smallest absolute Gasteiger partial charge is 0.223 e. The molecule has 2 unspecified atom stereocenters. The van der Waals surface area contributed by atoms with Crippen LogP contribution >= 0.6 is 11.3 Å². The average molecular weight is 447 g/mol. The van der Waals surface area contributed by atoms with E-state index in [-0.39, 0.29) is 30.3 Å². The van der Waals surface area contributed by atoms with E-state index < -0.39 is 0 Å². The number of rotatable bonds is 7. The second-order valence-electron chi connectivity index (χ2n) is 8.39. The van der Waals surface area contributed by atoms with Gasteiger partial charge < -0.3 is 10.2 Å². The molecule has 5 heteroatoms. The Morgan fingerprint density at radius 3 is 2.56 bits per heavy atom. The Morgan fingerprint density at radius 1 is 1.09 bits per heavy atom. The van der Waals surface area contributed by atoms with Gasteiger partial charge in [-0.3, -0.25) is 9.59 Å². The van der Waals surface area contributed by atoms with Gasteiger partial charge in [-0.1, -0.05) is 67.9 Å². The highest BCUT2D eigenvalue weighted by atomic mass is 32.1. The van der Waals surface area contributed by atoms with Crippen molar-refractivity contribution in [1.29, 1.82) is 0 Å². The first-order valence-electron chi connectivity index (χ1n) is 11.3. The normalized spacial score (nSPS) is 16.3. The molecule has 0 aliphatic carbocycles. The molecule has 0 radical (unpaired) electrons. The molecule has 4 rings (SSSR count). The summed E-state index contributed by atoms with van der Waals surface area (Å²) in [5, 5.41) is 5.29. The van der Waals surface area contributed by atoms with Gasteiger partial charge in [-0.15, -0.1) is 11.3 Å². The Morgan fingerprint density at radius 2 is 1.88 bits per heavy atom. The van der Waals surface area contributed by atoms with E-state index >= 15 is 0 Å². The van der Waals surface area contributed by atoms with Gasteiger partial charge >= 0.3 is 0 Å². The number of amides is 2. The second-order valence-corrected chi connectivity index (χ2v) is 9.37. The molecule has 1 aliphatic rings. The zero-order valence-electron chi connectivity index (χ0n) is 18.7. The van der Waals surface area contributed by atoms with Gasteiger partial charge in [0.2, 0.25) is 11.8 Å².